The van der Waals surface area contributed by atoms with Gasteiger partial charge in [-0.25, -0.2) is 0 Å². The van der Waals surface area contributed by atoms with Gasteiger partial charge in [-0.15, -0.1) is 6.58 Å². The van der Waals surface area contributed by atoms with Crippen LogP contribution in [0.1, 0.15) is 33.6 Å². The zero-order valence-electron chi connectivity index (χ0n) is 11.6. The average molecular weight is 248 g/mol. The molecule has 2 heterocycles. The summed E-state index contributed by atoms with van der Waals surface area (Å²) in [5.41, 5.74) is -0.00980. The van der Waals surface area contributed by atoms with Crippen molar-refractivity contribution in [1.82, 2.24) is 0 Å². The molecule has 100 valence electrons. The second kappa shape index (κ2) is 4.36. The Bertz CT molecular complexity index is 396. The first-order valence-electron chi connectivity index (χ1n) is 6.75. The highest BCUT2D eigenvalue weighted by Gasteiger charge is 2.58. The predicted molar refractivity (Wildman–Crippen MR) is 74.3 cm³/mol. The maximum Gasteiger partial charge on any atom is 0.119 e. The van der Waals surface area contributed by atoms with Crippen molar-refractivity contribution in [3.05, 3.63) is 37.0 Å². The normalized spacial score (nSPS) is 42.6. The molecule has 0 aromatic carbocycles. The van der Waals surface area contributed by atoms with E-state index in [2.05, 4.69) is 40.0 Å². The summed E-state index contributed by atoms with van der Waals surface area (Å²) < 4.78 is 6.27. The van der Waals surface area contributed by atoms with E-state index in [9.17, 15) is 5.11 Å². The molecule has 0 aromatic heterocycles. The molecule has 0 saturated carbocycles. The van der Waals surface area contributed by atoms with Crippen LogP contribution in [0.5, 0.6) is 0 Å². The standard InChI is InChI=1S/C16H24O2/c1-6-7-8-13-12(4)14(17)16(11(2)3)10-9-15(13,5)18-16/h6,9-11,13-14,17H,1,4,7-8H2,2-3,5H3/t13-,14-,15-,16-/m1/s1. The fourth-order valence-corrected chi connectivity index (χ4v) is 3.31. The molecule has 2 aliphatic heterocycles. The molecule has 2 heteroatoms. The van der Waals surface area contributed by atoms with Crippen molar-refractivity contribution in [1.29, 1.82) is 0 Å². The van der Waals surface area contributed by atoms with Gasteiger partial charge in [0.25, 0.3) is 0 Å². The maximum atomic E-state index is 10.6. The Hall–Kier alpha value is -0.860. The summed E-state index contributed by atoms with van der Waals surface area (Å²) in [6.07, 6.45) is 7.29. The summed E-state index contributed by atoms with van der Waals surface area (Å²) in [7, 11) is 0. The van der Waals surface area contributed by atoms with Crippen LogP contribution < -0.4 is 0 Å². The molecule has 1 saturated heterocycles. The molecule has 0 aromatic rings. The number of aliphatic hydroxyl groups excluding tert-OH is 1. The number of rotatable bonds is 4. The Morgan fingerprint density at radius 1 is 1.50 bits per heavy atom. The number of ether oxygens (including phenoxy) is 1. The molecule has 2 rings (SSSR count). The molecule has 18 heavy (non-hydrogen) atoms. The highest BCUT2D eigenvalue weighted by molar-refractivity contribution is 5.36. The zero-order valence-corrected chi connectivity index (χ0v) is 11.6. The lowest BCUT2D eigenvalue weighted by Gasteiger charge is -2.50. The molecule has 0 radical (unpaired) electrons. The summed E-state index contributed by atoms with van der Waals surface area (Å²) in [5, 5.41) is 10.6. The quantitative estimate of drug-likeness (QED) is 0.774. The Labute approximate surface area is 110 Å². The summed E-state index contributed by atoms with van der Waals surface area (Å²) in [5.74, 6) is 0.388. The van der Waals surface area contributed by atoms with Crippen molar-refractivity contribution >= 4 is 0 Å². The second-order valence-corrected chi connectivity index (χ2v) is 6.02. The van der Waals surface area contributed by atoms with Crippen LogP contribution >= 0.6 is 0 Å². The zero-order chi connectivity index (χ0) is 13.6. The van der Waals surface area contributed by atoms with Gasteiger partial charge >= 0.3 is 0 Å². The third kappa shape index (κ3) is 1.70. The molecular formula is C16H24O2. The maximum absolute atomic E-state index is 10.6. The lowest BCUT2D eigenvalue weighted by molar-refractivity contribution is -0.190. The molecule has 0 aliphatic carbocycles. The fourth-order valence-electron chi connectivity index (χ4n) is 3.31. The minimum Gasteiger partial charge on any atom is -0.385 e. The van der Waals surface area contributed by atoms with E-state index >= 15 is 0 Å². The van der Waals surface area contributed by atoms with E-state index in [1.165, 1.54) is 0 Å². The first-order valence-corrected chi connectivity index (χ1v) is 6.75. The fraction of sp³-hybridized carbons (Fsp3) is 0.625. The average Bonchev–Trinajstić information content (AvgIpc) is 2.65. The Balaban J connectivity index is 2.34. The Kier molecular flexibility index (Phi) is 3.28. The van der Waals surface area contributed by atoms with Crippen LogP contribution in [-0.2, 0) is 4.74 Å². The van der Waals surface area contributed by atoms with E-state index in [4.69, 9.17) is 4.74 Å². The van der Waals surface area contributed by atoms with Gasteiger partial charge in [0.05, 0.1) is 5.60 Å². The van der Waals surface area contributed by atoms with Crippen LogP contribution in [0.2, 0.25) is 0 Å². The molecular weight excluding hydrogens is 224 g/mol. The van der Waals surface area contributed by atoms with Crippen molar-refractivity contribution in [2.24, 2.45) is 11.8 Å². The molecule has 1 N–H and O–H groups in total. The minimum atomic E-state index is -0.612. The van der Waals surface area contributed by atoms with Crippen LogP contribution in [0.4, 0.5) is 0 Å². The molecule has 2 aliphatic rings. The van der Waals surface area contributed by atoms with Crippen molar-refractivity contribution in [3.63, 3.8) is 0 Å². The molecule has 4 atom stereocenters. The molecule has 0 amide bonds. The van der Waals surface area contributed by atoms with Gasteiger partial charge in [-0.2, -0.15) is 0 Å². The van der Waals surface area contributed by atoms with Crippen LogP contribution in [-0.4, -0.2) is 22.4 Å². The first kappa shape index (κ1) is 13.6. The van der Waals surface area contributed by atoms with Crippen molar-refractivity contribution in [2.75, 3.05) is 0 Å². The van der Waals surface area contributed by atoms with Gasteiger partial charge in [-0.1, -0.05) is 38.7 Å². The van der Waals surface area contributed by atoms with E-state index < -0.39 is 11.7 Å². The Morgan fingerprint density at radius 2 is 2.17 bits per heavy atom. The summed E-state index contributed by atoms with van der Waals surface area (Å²) in [6.45, 7) is 14.2. The largest absolute Gasteiger partial charge is 0.385 e. The van der Waals surface area contributed by atoms with Crippen molar-refractivity contribution < 1.29 is 9.84 Å². The first-order chi connectivity index (χ1) is 8.37. The number of fused-ring (bicyclic) bond motifs is 2. The number of allylic oxidation sites excluding steroid dienone is 1. The molecule has 2 bridgehead atoms. The monoisotopic (exact) mass is 248 g/mol. The lowest BCUT2D eigenvalue weighted by atomic mass is 9.72. The summed E-state index contributed by atoms with van der Waals surface area (Å²) in [6, 6.07) is 0. The third-order valence-electron chi connectivity index (χ3n) is 4.55. The number of aliphatic hydroxyl groups is 1. The van der Waals surface area contributed by atoms with E-state index in [1.54, 1.807) is 0 Å². The van der Waals surface area contributed by atoms with E-state index in [1.807, 2.05) is 12.2 Å². The van der Waals surface area contributed by atoms with E-state index in [0.29, 0.717) is 0 Å². The SMILES string of the molecule is C=CCC[C@@H]1C(=C)[C@@H](O)[C@]2(C(C)C)C=C[C@@]1(C)O2. The molecule has 2 nitrogen and oxygen atoms in total. The minimum absolute atomic E-state index is 0.163. The van der Waals surface area contributed by atoms with E-state index in [-0.39, 0.29) is 17.4 Å². The second-order valence-electron chi connectivity index (χ2n) is 6.02. The number of hydrogen-bond donors (Lipinski definition) is 1. The Morgan fingerprint density at radius 3 is 2.72 bits per heavy atom. The van der Waals surface area contributed by atoms with Crippen LogP contribution in [0.25, 0.3) is 0 Å². The predicted octanol–water partition coefficient (Wildman–Crippen LogP) is 3.24. The van der Waals surface area contributed by atoms with Crippen molar-refractivity contribution in [3.8, 4) is 0 Å². The molecule has 1 fully saturated rings. The van der Waals surface area contributed by atoms with Crippen LogP contribution in [0.3, 0.4) is 0 Å². The van der Waals surface area contributed by atoms with Crippen LogP contribution in [0.15, 0.2) is 37.0 Å². The lowest BCUT2D eigenvalue weighted by Crippen LogP contribution is -2.57. The highest BCUT2D eigenvalue weighted by Crippen LogP contribution is 2.52. The topological polar surface area (TPSA) is 29.5 Å². The van der Waals surface area contributed by atoms with Crippen LogP contribution in [0, 0.1) is 11.8 Å². The van der Waals surface area contributed by atoms with Gasteiger partial charge in [0, 0.05) is 5.92 Å². The molecule has 0 spiro atoms. The smallest absolute Gasteiger partial charge is 0.119 e. The van der Waals surface area contributed by atoms with Gasteiger partial charge in [0.15, 0.2) is 0 Å². The number of hydrogen-bond acceptors (Lipinski definition) is 2. The van der Waals surface area contributed by atoms with Gasteiger partial charge in [0.2, 0.25) is 0 Å². The van der Waals surface area contributed by atoms with Gasteiger partial charge in [0.1, 0.15) is 11.7 Å². The van der Waals surface area contributed by atoms with Gasteiger partial charge < -0.3 is 9.84 Å². The van der Waals surface area contributed by atoms with E-state index in [0.717, 1.165) is 18.4 Å². The van der Waals surface area contributed by atoms with Gasteiger partial charge in [-0.05, 0) is 31.3 Å². The summed E-state index contributed by atoms with van der Waals surface area (Å²) in [4.78, 5) is 0. The highest BCUT2D eigenvalue weighted by atomic mass is 16.5. The third-order valence-corrected chi connectivity index (χ3v) is 4.55. The molecule has 0 unspecified atom stereocenters. The van der Waals surface area contributed by atoms with Gasteiger partial charge in [-0.3, -0.25) is 0 Å². The van der Waals surface area contributed by atoms with Crippen molar-refractivity contribution in [2.45, 2.75) is 50.9 Å². The summed E-state index contributed by atoms with van der Waals surface area (Å²) >= 11 is 0.